The second-order valence-electron chi connectivity index (χ2n) is 9.62. The van der Waals surface area contributed by atoms with Crippen LogP contribution in [0.4, 0.5) is 9.80 Å². The molecular formula is C29H32N4NaO5S2+. The number of sulfonamides is 1. The fourth-order valence-corrected chi connectivity index (χ4v) is 7.14. The van der Waals surface area contributed by atoms with Gasteiger partial charge >= 0.3 is 44.8 Å². The largest absolute Gasteiger partial charge is 1.00 e. The predicted octanol–water partition coefficient (Wildman–Crippen LogP) is 2.59. The van der Waals surface area contributed by atoms with Crippen molar-refractivity contribution in [2.45, 2.75) is 33.7 Å². The van der Waals surface area contributed by atoms with E-state index < -0.39 is 15.3 Å². The van der Waals surface area contributed by atoms with Gasteiger partial charge in [0.2, 0.25) is 5.88 Å². The maximum absolute atomic E-state index is 12.8. The van der Waals surface area contributed by atoms with E-state index >= 15 is 0 Å². The summed E-state index contributed by atoms with van der Waals surface area (Å²) in [5, 5.41) is -0.927. The Kier molecular flexibility index (Phi) is 11.0. The van der Waals surface area contributed by atoms with Crippen LogP contribution < -0.4 is 44.3 Å². The zero-order valence-electron chi connectivity index (χ0n) is 23.8. The Labute approximate surface area is 266 Å². The normalized spacial score (nSPS) is 11.2. The number of aldehydes is 1. The third kappa shape index (κ3) is 6.92. The van der Waals surface area contributed by atoms with Crippen LogP contribution >= 0.6 is 11.3 Å². The summed E-state index contributed by atoms with van der Waals surface area (Å²) in [5.41, 5.74) is 8.83. The van der Waals surface area contributed by atoms with Crippen LogP contribution in [-0.4, -0.2) is 43.1 Å². The Balaban J connectivity index is 0.00000462. The molecule has 9 nitrogen and oxygen atoms in total. The van der Waals surface area contributed by atoms with Crippen LogP contribution in [-0.2, 0) is 23.0 Å². The van der Waals surface area contributed by atoms with Crippen LogP contribution in [0.2, 0.25) is 0 Å². The molecule has 4 rings (SSSR count). The van der Waals surface area contributed by atoms with Crippen LogP contribution in [0.15, 0.2) is 60.7 Å². The van der Waals surface area contributed by atoms with Gasteiger partial charge in [0.15, 0.2) is 6.29 Å². The van der Waals surface area contributed by atoms with Crippen molar-refractivity contribution in [2.75, 3.05) is 18.0 Å². The Morgan fingerprint density at radius 1 is 1.12 bits per heavy atom. The van der Waals surface area contributed by atoms with Crippen molar-refractivity contribution in [3.8, 4) is 28.4 Å². The smallest absolute Gasteiger partial charge is 0.479 e. The molecule has 4 aromatic rings. The van der Waals surface area contributed by atoms with Crippen LogP contribution in [0.3, 0.4) is 0 Å². The number of rotatable bonds is 11. The first-order chi connectivity index (χ1) is 19.1. The Hall–Kier alpha value is -2.96. The van der Waals surface area contributed by atoms with Crippen LogP contribution in [0.1, 0.15) is 41.7 Å². The fourth-order valence-electron chi connectivity index (χ4n) is 4.51. The third-order valence-corrected chi connectivity index (χ3v) is 9.17. The van der Waals surface area contributed by atoms with E-state index in [0.717, 1.165) is 38.6 Å². The van der Waals surface area contributed by atoms with Crippen molar-refractivity contribution in [3.05, 3.63) is 76.8 Å². The number of thiophene rings is 1. The molecule has 0 saturated heterocycles. The number of primary amides is 1. The number of nitrogens with zero attached hydrogens (tertiary/aromatic N) is 3. The van der Waals surface area contributed by atoms with E-state index in [1.165, 1.54) is 18.4 Å². The van der Waals surface area contributed by atoms with Crippen molar-refractivity contribution in [1.29, 1.82) is 0 Å². The fraction of sp³-hybridized carbons (Fsp3) is 0.276. The molecule has 2 N–H and O–H groups in total. The van der Waals surface area contributed by atoms with Crippen LogP contribution in [0.25, 0.3) is 22.5 Å². The first-order valence-electron chi connectivity index (χ1n) is 12.8. The molecule has 0 unspecified atom stereocenters. The minimum absolute atomic E-state index is 0. The molecule has 0 atom stereocenters. The van der Waals surface area contributed by atoms with Crippen molar-refractivity contribution in [2.24, 2.45) is 11.7 Å². The number of carbonyl (C=O) groups is 2. The van der Waals surface area contributed by atoms with Gasteiger partial charge in [-0.15, -0.1) is 11.3 Å². The predicted molar refractivity (Wildman–Crippen MR) is 159 cm³/mol. The van der Waals surface area contributed by atoms with Crippen LogP contribution in [0.5, 0.6) is 5.88 Å². The number of amides is 1. The Morgan fingerprint density at radius 3 is 2.32 bits per heavy atom. The molecule has 0 radical (unpaired) electrons. The molecule has 0 aliphatic heterocycles. The van der Waals surface area contributed by atoms with Gasteiger partial charge in [0.25, 0.3) is 0 Å². The quantitative estimate of drug-likeness (QED) is 0.208. The topological polar surface area (TPSA) is 125 Å². The van der Waals surface area contributed by atoms with E-state index in [0.29, 0.717) is 34.5 Å². The number of carbonyl (C=O) groups excluding carboxylic acids is 2. The summed E-state index contributed by atoms with van der Waals surface area (Å²) < 4.78 is 33.8. The molecular weight excluding hydrogens is 571 g/mol. The van der Waals surface area contributed by atoms with E-state index in [-0.39, 0.29) is 42.0 Å². The summed E-state index contributed by atoms with van der Waals surface area (Å²) in [6.45, 7) is 6.28. The number of hydrogen-bond donors (Lipinski definition) is 1. The van der Waals surface area contributed by atoms with Gasteiger partial charge in [0.05, 0.1) is 7.11 Å². The van der Waals surface area contributed by atoms with Gasteiger partial charge < -0.3 is 15.0 Å². The number of nitrogens with two attached hydrogens (primary N) is 1. The van der Waals surface area contributed by atoms with Gasteiger partial charge in [-0.3, -0.25) is 13.9 Å². The average Bonchev–Trinajstić information content (AvgIpc) is 3.50. The van der Waals surface area contributed by atoms with Gasteiger partial charge in [-0.05, 0) is 36.5 Å². The molecule has 210 valence electrons. The molecule has 0 saturated carbocycles. The Bertz CT molecular complexity index is 1610. The van der Waals surface area contributed by atoms with E-state index in [4.69, 9.17) is 10.5 Å². The average molecular weight is 604 g/mol. The van der Waals surface area contributed by atoms with Gasteiger partial charge in [-0.2, -0.15) is 13.4 Å². The molecule has 0 fully saturated rings. The van der Waals surface area contributed by atoms with Gasteiger partial charge in [0.1, 0.15) is 16.5 Å². The monoisotopic (exact) mass is 603 g/mol. The molecule has 2 aromatic heterocycles. The van der Waals surface area contributed by atoms with Crippen molar-refractivity contribution in [1.82, 2.24) is 9.55 Å². The summed E-state index contributed by atoms with van der Waals surface area (Å²) in [6, 6.07) is 19.2. The second-order valence-corrected chi connectivity index (χ2v) is 12.5. The number of ether oxygens (including phenoxy) is 1. The van der Waals surface area contributed by atoms with E-state index in [2.05, 4.69) is 18.8 Å². The molecule has 2 aromatic carbocycles. The number of hydrogen-bond acceptors (Lipinski definition) is 7. The number of anilines is 1. The molecule has 1 amide bonds. The first kappa shape index (κ1) is 32.6. The summed E-state index contributed by atoms with van der Waals surface area (Å²) in [5.74, 6) is 1.22. The van der Waals surface area contributed by atoms with Crippen molar-refractivity contribution in [3.63, 3.8) is 0 Å². The number of aromatic nitrogens is 2. The summed E-state index contributed by atoms with van der Waals surface area (Å²) in [4.78, 5) is 29.4. The van der Waals surface area contributed by atoms with Gasteiger partial charge in [-0.1, -0.05) is 68.4 Å². The summed E-state index contributed by atoms with van der Waals surface area (Å²) in [7, 11) is -2.87. The molecule has 0 aliphatic carbocycles. The molecule has 0 spiro atoms. The molecule has 12 heteroatoms. The van der Waals surface area contributed by atoms with Crippen molar-refractivity contribution < 1.29 is 52.3 Å². The van der Waals surface area contributed by atoms with Gasteiger partial charge in [-0.25, -0.2) is 0 Å². The standard InChI is InChI=1S/C29H32N4O5S2.Na/c1-5-33(40(36,37)29(30)35)28-24(16-23(39-28)15-19(2)3)21-13-11-20(12-14-21)17-32-25(18-34)27(38-4)31-26(32)22-9-7-6-8-10-22;/h6-14,16,18-19H,5,15,17H2,1-4H3,(H2,30,35);/q;+1. The SMILES string of the molecule is CCN(c1sc(CC(C)C)cc1-c1ccc(Cn2c(-c3ccccc3)nc(OC)c2C=O)cc1)S(=O)(=O)C(N)=O.[Na+]. The number of methoxy groups -OCH3 is 1. The molecule has 41 heavy (non-hydrogen) atoms. The zero-order chi connectivity index (χ0) is 29.0. The maximum Gasteiger partial charge on any atom is 1.00 e. The van der Waals surface area contributed by atoms with E-state index in [1.807, 2.05) is 65.2 Å². The molecule has 0 bridgehead atoms. The number of imidazole rings is 1. The number of benzene rings is 2. The molecule has 2 heterocycles. The van der Waals surface area contributed by atoms with Gasteiger partial charge in [0, 0.05) is 29.1 Å². The maximum atomic E-state index is 12.8. The van der Waals surface area contributed by atoms with Crippen LogP contribution in [0, 0.1) is 5.92 Å². The van der Waals surface area contributed by atoms with E-state index in [1.54, 1.807) is 6.92 Å². The molecule has 0 aliphatic rings. The first-order valence-corrected chi connectivity index (χ1v) is 15.1. The minimum Gasteiger partial charge on any atom is -0.479 e. The second kappa shape index (κ2) is 13.8. The van der Waals surface area contributed by atoms with E-state index in [9.17, 15) is 18.0 Å². The Morgan fingerprint density at radius 2 is 1.78 bits per heavy atom. The summed E-state index contributed by atoms with van der Waals surface area (Å²) in [6.07, 6.45) is 1.50. The zero-order valence-corrected chi connectivity index (χ0v) is 27.5. The third-order valence-electron chi connectivity index (χ3n) is 6.35. The summed E-state index contributed by atoms with van der Waals surface area (Å²) >= 11 is 1.35. The minimum atomic E-state index is -4.35. The van der Waals surface area contributed by atoms with Crippen molar-refractivity contribution >= 4 is 37.9 Å².